The average molecular weight is 427 g/mol. The second-order valence-electron chi connectivity index (χ2n) is 7.59. The highest BCUT2D eigenvalue weighted by molar-refractivity contribution is 8.00. The first-order chi connectivity index (χ1) is 14.6. The fourth-order valence-corrected chi connectivity index (χ4v) is 4.68. The number of benzene rings is 2. The Bertz CT molecular complexity index is 865. The number of ether oxygens (including phenoxy) is 1. The molecule has 0 saturated heterocycles. The van der Waals surface area contributed by atoms with Crippen molar-refractivity contribution in [1.29, 1.82) is 0 Å². The molecule has 0 bridgehead atoms. The zero-order valence-corrected chi connectivity index (χ0v) is 18.5. The molecule has 30 heavy (non-hydrogen) atoms. The standard InChI is InChI=1S/C24H30N2O3S/c1-3-22(24(28)26-18-11-7-13-20(15-18)29-2)30-21-14-8-12-19(16-21)25-23(27)17-9-5-4-6-10-17/h7-8,11-17,22H,3-6,9-10H2,1-2H3,(H,25,27)(H,26,28). The van der Waals surface area contributed by atoms with Gasteiger partial charge in [0.1, 0.15) is 5.75 Å². The first-order valence-corrected chi connectivity index (χ1v) is 11.5. The van der Waals surface area contributed by atoms with E-state index in [4.69, 9.17) is 4.74 Å². The van der Waals surface area contributed by atoms with Crippen LogP contribution in [0.3, 0.4) is 0 Å². The number of nitrogens with one attached hydrogen (secondary N) is 2. The summed E-state index contributed by atoms with van der Waals surface area (Å²) in [6.45, 7) is 2.00. The molecule has 2 amide bonds. The Morgan fingerprint density at radius 1 is 1.03 bits per heavy atom. The van der Waals surface area contributed by atoms with E-state index < -0.39 is 0 Å². The molecule has 2 N–H and O–H groups in total. The molecule has 1 aliphatic rings. The van der Waals surface area contributed by atoms with Gasteiger partial charge in [0.05, 0.1) is 12.4 Å². The normalized spacial score (nSPS) is 15.3. The Balaban J connectivity index is 1.61. The summed E-state index contributed by atoms with van der Waals surface area (Å²) in [4.78, 5) is 26.3. The summed E-state index contributed by atoms with van der Waals surface area (Å²) in [5, 5.41) is 5.79. The molecule has 5 nitrogen and oxygen atoms in total. The molecule has 1 fully saturated rings. The van der Waals surface area contributed by atoms with Crippen molar-refractivity contribution in [3.63, 3.8) is 0 Å². The number of methoxy groups -OCH3 is 1. The number of hydrogen-bond acceptors (Lipinski definition) is 4. The van der Waals surface area contributed by atoms with E-state index in [-0.39, 0.29) is 23.0 Å². The van der Waals surface area contributed by atoms with Crippen LogP contribution in [0, 0.1) is 5.92 Å². The highest BCUT2D eigenvalue weighted by Gasteiger charge is 2.22. The van der Waals surface area contributed by atoms with Gasteiger partial charge in [0.15, 0.2) is 0 Å². The number of amides is 2. The number of thioether (sulfide) groups is 1. The van der Waals surface area contributed by atoms with Crippen LogP contribution in [-0.4, -0.2) is 24.2 Å². The minimum atomic E-state index is -0.236. The molecule has 3 rings (SSSR count). The molecular formula is C24H30N2O3S. The van der Waals surface area contributed by atoms with E-state index in [1.165, 1.54) is 18.2 Å². The molecule has 1 atom stereocenters. The van der Waals surface area contributed by atoms with Crippen molar-refractivity contribution in [2.75, 3.05) is 17.7 Å². The topological polar surface area (TPSA) is 67.4 Å². The third-order valence-electron chi connectivity index (χ3n) is 5.36. The maximum absolute atomic E-state index is 12.8. The summed E-state index contributed by atoms with van der Waals surface area (Å²) in [6.07, 6.45) is 6.14. The van der Waals surface area contributed by atoms with Gasteiger partial charge in [0.25, 0.3) is 0 Å². The molecular weight excluding hydrogens is 396 g/mol. The van der Waals surface area contributed by atoms with Crippen LogP contribution in [0.2, 0.25) is 0 Å². The van der Waals surface area contributed by atoms with Gasteiger partial charge in [-0.05, 0) is 49.6 Å². The molecule has 1 aliphatic carbocycles. The smallest absolute Gasteiger partial charge is 0.237 e. The monoisotopic (exact) mass is 426 g/mol. The third kappa shape index (κ3) is 6.26. The minimum Gasteiger partial charge on any atom is -0.497 e. The van der Waals surface area contributed by atoms with Crippen molar-refractivity contribution in [1.82, 2.24) is 0 Å². The van der Waals surface area contributed by atoms with Crippen molar-refractivity contribution in [2.24, 2.45) is 5.92 Å². The molecule has 0 aliphatic heterocycles. The lowest BCUT2D eigenvalue weighted by Crippen LogP contribution is -2.25. The maximum Gasteiger partial charge on any atom is 0.237 e. The first kappa shape index (κ1) is 22.2. The molecule has 0 radical (unpaired) electrons. The van der Waals surface area contributed by atoms with E-state index in [9.17, 15) is 9.59 Å². The molecule has 0 aromatic heterocycles. The lowest BCUT2D eigenvalue weighted by Gasteiger charge is -2.21. The van der Waals surface area contributed by atoms with E-state index in [0.29, 0.717) is 17.9 Å². The van der Waals surface area contributed by atoms with Gasteiger partial charge < -0.3 is 15.4 Å². The third-order valence-corrected chi connectivity index (χ3v) is 6.71. The Morgan fingerprint density at radius 2 is 1.73 bits per heavy atom. The van der Waals surface area contributed by atoms with Gasteiger partial charge in [-0.1, -0.05) is 38.3 Å². The lowest BCUT2D eigenvalue weighted by atomic mass is 9.88. The lowest BCUT2D eigenvalue weighted by molar-refractivity contribution is -0.120. The summed E-state index contributed by atoms with van der Waals surface area (Å²) in [6, 6.07) is 15.1. The molecule has 160 valence electrons. The number of carbonyl (C=O) groups is 2. The predicted octanol–water partition coefficient (Wildman–Crippen LogP) is 5.72. The average Bonchev–Trinajstić information content (AvgIpc) is 2.78. The van der Waals surface area contributed by atoms with Gasteiger partial charge in [-0.2, -0.15) is 0 Å². The number of hydrogen-bond donors (Lipinski definition) is 2. The zero-order chi connectivity index (χ0) is 21.3. The Hall–Kier alpha value is -2.47. The first-order valence-electron chi connectivity index (χ1n) is 10.6. The fourth-order valence-electron chi connectivity index (χ4n) is 3.67. The van der Waals surface area contributed by atoms with Gasteiger partial charge in [0, 0.05) is 28.3 Å². The second kappa shape index (κ2) is 11.1. The molecule has 2 aromatic carbocycles. The largest absolute Gasteiger partial charge is 0.497 e. The molecule has 2 aromatic rings. The van der Waals surface area contributed by atoms with Gasteiger partial charge in [-0.15, -0.1) is 11.8 Å². The quantitative estimate of drug-likeness (QED) is 0.530. The van der Waals surface area contributed by atoms with Crippen molar-refractivity contribution in [3.8, 4) is 5.75 Å². The van der Waals surface area contributed by atoms with Crippen LogP contribution in [0.15, 0.2) is 53.4 Å². The summed E-state index contributed by atoms with van der Waals surface area (Å²) >= 11 is 1.51. The molecule has 1 saturated carbocycles. The summed E-state index contributed by atoms with van der Waals surface area (Å²) in [5.41, 5.74) is 1.51. The Kier molecular flexibility index (Phi) is 8.20. The molecule has 1 unspecified atom stereocenters. The maximum atomic E-state index is 12.8. The summed E-state index contributed by atoms with van der Waals surface area (Å²) < 4.78 is 5.22. The van der Waals surface area contributed by atoms with E-state index in [1.54, 1.807) is 13.2 Å². The minimum absolute atomic E-state index is 0.0487. The zero-order valence-electron chi connectivity index (χ0n) is 17.6. The van der Waals surface area contributed by atoms with Gasteiger partial charge in [-0.25, -0.2) is 0 Å². The number of carbonyl (C=O) groups excluding carboxylic acids is 2. The van der Waals surface area contributed by atoms with Crippen molar-refractivity contribution < 1.29 is 14.3 Å². The van der Waals surface area contributed by atoms with Crippen LogP contribution in [-0.2, 0) is 9.59 Å². The number of anilines is 2. The van der Waals surface area contributed by atoms with Crippen molar-refractivity contribution in [2.45, 2.75) is 55.6 Å². The summed E-state index contributed by atoms with van der Waals surface area (Å²) in [5.74, 6) is 0.883. The van der Waals surface area contributed by atoms with Crippen LogP contribution in [0.25, 0.3) is 0 Å². The SMILES string of the molecule is CCC(Sc1cccc(NC(=O)C2CCCCC2)c1)C(=O)Nc1cccc(OC)c1. The molecule has 0 spiro atoms. The van der Waals surface area contributed by atoms with E-state index in [0.717, 1.165) is 36.3 Å². The van der Waals surface area contributed by atoms with Crippen molar-refractivity contribution in [3.05, 3.63) is 48.5 Å². The summed E-state index contributed by atoms with van der Waals surface area (Å²) in [7, 11) is 1.60. The highest BCUT2D eigenvalue weighted by atomic mass is 32.2. The van der Waals surface area contributed by atoms with Gasteiger partial charge >= 0.3 is 0 Å². The predicted molar refractivity (Wildman–Crippen MR) is 123 cm³/mol. The van der Waals surface area contributed by atoms with Gasteiger partial charge in [0.2, 0.25) is 11.8 Å². The molecule has 6 heteroatoms. The van der Waals surface area contributed by atoms with E-state index in [1.807, 2.05) is 49.4 Å². The van der Waals surface area contributed by atoms with Crippen LogP contribution in [0.4, 0.5) is 11.4 Å². The second-order valence-corrected chi connectivity index (χ2v) is 8.86. The number of rotatable bonds is 8. The van der Waals surface area contributed by atoms with Crippen LogP contribution in [0.1, 0.15) is 45.4 Å². The van der Waals surface area contributed by atoms with Crippen LogP contribution in [0.5, 0.6) is 5.75 Å². The fraction of sp³-hybridized carbons (Fsp3) is 0.417. The van der Waals surface area contributed by atoms with Crippen molar-refractivity contribution >= 4 is 35.0 Å². The van der Waals surface area contributed by atoms with Crippen LogP contribution < -0.4 is 15.4 Å². The highest BCUT2D eigenvalue weighted by Crippen LogP contribution is 2.30. The Morgan fingerprint density at radius 3 is 2.43 bits per heavy atom. The van der Waals surface area contributed by atoms with E-state index >= 15 is 0 Å². The van der Waals surface area contributed by atoms with E-state index in [2.05, 4.69) is 10.6 Å². The molecule has 0 heterocycles. The van der Waals surface area contributed by atoms with Gasteiger partial charge in [-0.3, -0.25) is 9.59 Å². The van der Waals surface area contributed by atoms with Crippen LogP contribution >= 0.6 is 11.8 Å². The Labute approximate surface area is 183 Å².